The fourth-order valence-electron chi connectivity index (χ4n) is 5.76. The van der Waals surface area contributed by atoms with E-state index in [0.717, 1.165) is 58.9 Å². The van der Waals surface area contributed by atoms with Gasteiger partial charge >= 0.3 is 0 Å². The molecule has 1 saturated heterocycles. The Labute approximate surface area is 257 Å². The van der Waals surface area contributed by atoms with Crippen molar-refractivity contribution in [3.63, 3.8) is 0 Å². The molecule has 1 heterocycles. The molecule has 0 bridgehead atoms. The van der Waals surface area contributed by atoms with Crippen molar-refractivity contribution in [3.05, 3.63) is 106 Å². The molecule has 3 nitrogen and oxygen atoms in total. The van der Waals surface area contributed by atoms with E-state index in [1.165, 1.54) is 33.4 Å². The van der Waals surface area contributed by atoms with E-state index >= 15 is 0 Å². The summed E-state index contributed by atoms with van der Waals surface area (Å²) in [5.74, 6) is 0. The lowest BCUT2D eigenvalue weighted by Crippen LogP contribution is -2.35. The van der Waals surface area contributed by atoms with Gasteiger partial charge in [0.05, 0.1) is 0 Å². The molecule has 0 aliphatic carbocycles. The molecule has 0 atom stereocenters. The highest BCUT2D eigenvalue weighted by molar-refractivity contribution is 5.29. The van der Waals surface area contributed by atoms with Gasteiger partial charge in [-0.3, -0.25) is 14.7 Å². The molecule has 1 aliphatic heterocycles. The second-order valence-electron chi connectivity index (χ2n) is 15.7. The SMILES string of the molecule is CC(C)(C)c1ccc(CN2CCN(Cc3ccc(C(C)(C)C)cc3)CCN(Cc3ccc(C(C)(C)C)cc3)CC2)cc1. The molecule has 0 amide bonds. The molecule has 228 valence electrons. The fourth-order valence-corrected chi connectivity index (χ4v) is 5.76. The second-order valence-corrected chi connectivity index (χ2v) is 15.7. The highest BCUT2D eigenvalue weighted by atomic mass is 15.3. The van der Waals surface area contributed by atoms with Crippen molar-refractivity contribution in [1.82, 2.24) is 14.7 Å². The Morgan fingerprint density at radius 3 is 0.714 bits per heavy atom. The number of hydrogen-bond acceptors (Lipinski definition) is 3. The first kappa shape index (κ1) is 32.5. The van der Waals surface area contributed by atoms with Crippen molar-refractivity contribution in [2.24, 2.45) is 0 Å². The Morgan fingerprint density at radius 2 is 0.548 bits per heavy atom. The van der Waals surface area contributed by atoms with Gasteiger partial charge < -0.3 is 0 Å². The average molecular weight is 568 g/mol. The summed E-state index contributed by atoms with van der Waals surface area (Å²) in [7, 11) is 0. The molecular formula is C39H57N3. The molecule has 0 spiro atoms. The summed E-state index contributed by atoms with van der Waals surface area (Å²) in [5.41, 5.74) is 9.02. The molecule has 3 aromatic rings. The molecule has 0 saturated carbocycles. The van der Waals surface area contributed by atoms with Gasteiger partial charge in [-0.05, 0) is 49.6 Å². The van der Waals surface area contributed by atoms with Crippen molar-refractivity contribution < 1.29 is 0 Å². The Hall–Kier alpha value is -2.46. The van der Waals surface area contributed by atoms with Gasteiger partial charge in [0.25, 0.3) is 0 Å². The minimum absolute atomic E-state index is 0.189. The standard InChI is InChI=1S/C39H57N3/c1-37(2,3)34-16-10-31(11-17-34)28-40-22-24-41(29-32-12-18-35(19-13-32)38(4,5)6)26-27-42(25-23-40)30-33-14-20-36(21-15-33)39(7,8)9/h10-21H,22-30H2,1-9H3. The van der Waals surface area contributed by atoms with Crippen LogP contribution in [0.25, 0.3) is 0 Å². The van der Waals surface area contributed by atoms with Crippen molar-refractivity contribution in [2.75, 3.05) is 39.3 Å². The number of hydrogen-bond donors (Lipinski definition) is 0. The van der Waals surface area contributed by atoms with Gasteiger partial charge in [-0.25, -0.2) is 0 Å². The van der Waals surface area contributed by atoms with Crippen LogP contribution in [0, 0.1) is 0 Å². The van der Waals surface area contributed by atoms with Crippen LogP contribution in [0.1, 0.15) is 95.7 Å². The summed E-state index contributed by atoms with van der Waals surface area (Å²) in [6, 6.07) is 28.0. The predicted octanol–water partition coefficient (Wildman–Crippen LogP) is 8.40. The van der Waals surface area contributed by atoms with Crippen LogP contribution in [0.5, 0.6) is 0 Å². The largest absolute Gasteiger partial charge is 0.297 e. The summed E-state index contributed by atoms with van der Waals surface area (Å²) in [6.07, 6.45) is 0. The lowest BCUT2D eigenvalue weighted by molar-refractivity contribution is 0.209. The molecule has 1 aliphatic rings. The molecule has 0 radical (unpaired) electrons. The first-order valence-corrected chi connectivity index (χ1v) is 16.1. The van der Waals surface area contributed by atoms with Gasteiger partial charge in [0.2, 0.25) is 0 Å². The third-order valence-electron chi connectivity index (χ3n) is 8.88. The summed E-state index contributed by atoms with van der Waals surface area (Å²) in [4.78, 5) is 8.01. The zero-order valence-electron chi connectivity index (χ0n) is 28.1. The van der Waals surface area contributed by atoms with Crippen LogP contribution in [-0.2, 0) is 35.9 Å². The van der Waals surface area contributed by atoms with E-state index in [1.807, 2.05) is 0 Å². The minimum atomic E-state index is 0.189. The first-order valence-electron chi connectivity index (χ1n) is 16.1. The summed E-state index contributed by atoms with van der Waals surface area (Å²) < 4.78 is 0. The summed E-state index contributed by atoms with van der Waals surface area (Å²) in [5, 5.41) is 0. The molecular weight excluding hydrogens is 510 g/mol. The van der Waals surface area contributed by atoms with Gasteiger partial charge in [-0.1, -0.05) is 135 Å². The number of benzene rings is 3. The van der Waals surface area contributed by atoms with E-state index in [-0.39, 0.29) is 16.2 Å². The van der Waals surface area contributed by atoms with Crippen molar-refractivity contribution in [2.45, 2.75) is 98.2 Å². The normalized spacial score (nSPS) is 17.1. The Kier molecular flexibility index (Phi) is 10.4. The lowest BCUT2D eigenvalue weighted by Gasteiger charge is -2.26. The van der Waals surface area contributed by atoms with Crippen LogP contribution in [0.4, 0.5) is 0 Å². The van der Waals surface area contributed by atoms with Crippen LogP contribution in [0.3, 0.4) is 0 Å². The van der Waals surface area contributed by atoms with E-state index < -0.39 is 0 Å². The third kappa shape index (κ3) is 9.53. The van der Waals surface area contributed by atoms with Gasteiger partial charge in [0.1, 0.15) is 0 Å². The molecule has 3 aromatic carbocycles. The summed E-state index contributed by atoms with van der Waals surface area (Å²) >= 11 is 0. The fraction of sp³-hybridized carbons (Fsp3) is 0.538. The maximum absolute atomic E-state index is 2.67. The zero-order valence-corrected chi connectivity index (χ0v) is 28.1. The van der Waals surface area contributed by atoms with Crippen molar-refractivity contribution >= 4 is 0 Å². The highest BCUT2D eigenvalue weighted by Gasteiger charge is 2.20. The monoisotopic (exact) mass is 567 g/mol. The topological polar surface area (TPSA) is 9.72 Å². The van der Waals surface area contributed by atoms with Crippen LogP contribution in [0.2, 0.25) is 0 Å². The van der Waals surface area contributed by atoms with E-state index in [9.17, 15) is 0 Å². The Bertz CT molecular complexity index is 1060. The van der Waals surface area contributed by atoms with Crippen LogP contribution < -0.4 is 0 Å². The summed E-state index contributed by atoms with van der Waals surface area (Å²) in [6.45, 7) is 30.2. The highest BCUT2D eigenvalue weighted by Crippen LogP contribution is 2.25. The molecule has 42 heavy (non-hydrogen) atoms. The van der Waals surface area contributed by atoms with E-state index in [2.05, 4.69) is 150 Å². The zero-order chi connectivity index (χ0) is 30.5. The third-order valence-corrected chi connectivity index (χ3v) is 8.88. The van der Waals surface area contributed by atoms with Gasteiger partial charge in [0, 0.05) is 58.9 Å². The molecule has 1 fully saturated rings. The smallest absolute Gasteiger partial charge is 0.0234 e. The minimum Gasteiger partial charge on any atom is -0.297 e. The average Bonchev–Trinajstić information content (AvgIpc) is 3.00. The first-order chi connectivity index (χ1) is 19.7. The lowest BCUT2D eigenvalue weighted by atomic mass is 9.86. The van der Waals surface area contributed by atoms with Crippen LogP contribution >= 0.6 is 0 Å². The molecule has 3 heteroatoms. The molecule has 0 unspecified atom stereocenters. The Morgan fingerprint density at radius 1 is 0.357 bits per heavy atom. The van der Waals surface area contributed by atoms with Gasteiger partial charge in [-0.15, -0.1) is 0 Å². The van der Waals surface area contributed by atoms with Gasteiger partial charge in [0.15, 0.2) is 0 Å². The van der Waals surface area contributed by atoms with E-state index in [4.69, 9.17) is 0 Å². The van der Waals surface area contributed by atoms with E-state index in [0.29, 0.717) is 0 Å². The predicted molar refractivity (Wildman–Crippen MR) is 181 cm³/mol. The van der Waals surface area contributed by atoms with Gasteiger partial charge in [-0.2, -0.15) is 0 Å². The second kappa shape index (κ2) is 13.5. The quantitative estimate of drug-likeness (QED) is 0.296. The van der Waals surface area contributed by atoms with E-state index in [1.54, 1.807) is 0 Å². The number of rotatable bonds is 6. The van der Waals surface area contributed by atoms with Crippen molar-refractivity contribution in [3.8, 4) is 0 Å². The van der Waals surface area contributed by atoms with Crippen LogP contribution in [0.15, 0.2) is 72.8 Å². The molecule has 0 N–H and O–H groups in total. The van der Waals surface area contributed by atoms with Crippen LogP contribution in [-0.4, -0.2) is 54.0 Å². The van der Waals surface area contributed by atoms with Crippen molar-refractivity contribution in [1.29, 1.82) is 0 Å². The number of nitrogens with zero attached hydrogens (tertiary/aromatic N) is 3. The molecule has 4 rings (SSSR count). The maximum atomic E-state index is 2.67. The Balaban J connectivity index is 1.48. The maximum Gasteiger partial charge on any atom is 0.0234 e. The molecule has 0 aromatic heterocycles.